The molecule has 0 aliphatic heterocycles. The van der Waals surface area contributed by atoms with E-state index in [-0.39, 0.29) is 0 Å². The molecule has 0 spiro atoms. The number of rotatable bonds is 14. The third-order valence-corrected chi connectivity index (χ3v) is 7.28. The first-order valence-electron chi connectivity index (χ1n) is 10.7. The van der Waals surface area contributed by atoms with Crippen LogP contribution in [0.2, 0.25) is 0 Å². The van der Waals surface area contributed by atoms with Gasteiger partial charge in [0.05, 0.1) is 13.2 Å². The maximum Gasteiger partial charge on any atom is 0.120 e. The zero-order valence-electron chi connectivity index (χ0n) is 16.9. The molecule has 1 heterocycles. The predicted octanol–water partition coefficient (Wildman–Crippen LogP) is 8.72. The van der Waals surface area contributed by atoms with Crippen LogP contribution in [0, 0.1) is 0 Å². The lowest BCUT2D eigenvalue weighted by molar-refractivity contribution is 0.305. The topological polar surface area (TPSA) is 18.5 Å². The van der Waals surface area contributed by atoms with Gasteiger partial charge in [0.1, 0.15) is 11.5 Å². The molecule has 0 atom stereocenters. The Kier molecular flexibility index (Phi) is 10.1. The molecule has 0 amide bonds. The molecule has 1 aromatic heterocycles. The van der Waals surface area contributed by atoms with Gasteiger partial charge in [-0.2, -0.15) is 0 Å². The summed E-state index contributed by atoms with van der Waals surface area (Å²) in [5.74, 6) is 1.94. The van der Waals surface area contributed by atoms with Crippen molar-refractivity contribution < 1.29 is 9.47 Å². The van der Waals surface area contributed by atoms with Crippen LogP contribution in [-0.2, 0) is 0 Å². The second-order valence-electron chi connectivity index (χ2n) is 7.32. The van der Waals surface area contributed by atoms with E-state index < -0.39 is 0 Å². The average Bonchev–Trinajstić information content (AvgIpc) is 3.10. The number of benzene rings is 2. The van der Waals surface area contributed by atoms with Gasteiger partial charge in [0.25, 0.3) is 0 Å². The van der Waals surface area contributed by atoms with Crippen LogP contribution >= 0.6 is 43.2 Å². The van der Waals surface area contributed by atoms with Crippen LogP contribution in [0.4, 0.5) is 0 Å². The van der Waals surface area contributed by atoms with Crippen LogP contribution in [0.1, 0.15) is 51.4 Å². The second kappa shape index (κ2) is 12.8. The van der Waals surface area contributed by atoms with Gasteiger partial charge in [-0.25, -0.2) is 0 Å². The smallest absolute Gasteiger partial charge is 0.120 e. The number of halogens is 2. The Bertz CT molecular complexity index is 808. The molecule has 3 aromatic rings. The molecular weight excluding hydrogens is 512 g/mol. The molecule has 0 fully saturated rings. The van der Waals surface area contributed by atoms with Crippen molar-refractivity contribution >= 4 is 63.4 Å². The Morgan fingerprint density at radius 3 is 1.48 bits per heavy atom. The monoisotopic (exact) mass is 540 g/mol. The Morgan fingerprint density at radius 1 is 0.586 bits per heavy atom. The number of hydrogen-bond donors (Lipinski definition) is 0. The van der Waals surface area contributed by atoms with E-state index in [9.17, 15) is 0 Å². The van der Waals surface area contributed by atoms with Crippen molar-refractivity contribution in [3.05, 3.63) is 36.4 Å². The molecule has 29 heavy (non-hydrogen) atoms. The number of unbranched alkanes of at least 4 members (excludes halogenated alkanes) is 6. The molecule has 158 valence electrons. The highest BCUT2D eigenvalue weighted by Gasteiger charge is 2.08. The molecule has 0 aliphatic rings. The van der Waals surface area contributed by atoms with Crippen molar-refractivity contribution in [2.45, 2.75) is 51.4 Å². The van der Waals surface area contributed by atoms with Crippen molar-refractivity contribution in [1.29, 1.82) is 0 Å². The van der Waals surface area contributed by atoms with Crippen LogP contribution in [0.15, 0.2) is 36.4 Å². The highest BCUT2D eigenvalue weighted by atomic mass is 79.9. The van der Waals surface area contributed by atoms with Crippen LogP contribution in [0.25, 0.3) is 20.2 Å². The van der Waals surface area contributed by atoms with Gasteiger partial charge in [-0.3, -0.25) is 0 Å². The van der Waals surface area contributed by atoms with Crippen molar-refractivity contribution in [2.75, 3.05) is 23.9 Å². The molecule has 0 aliphatic carbocycles. The number of alkyl halides is 2. The van der Waals surface area contributed by atoms with E-state index in [0.717, 1.165) is 48.2 Å². The maximum atomic E-state index is 6.01. The Hall–Kier alpha value is -0.780. The van der Waals surface area contributed by atoms with Gasteiger partial charge >= 0.3 is 0 Å². The van der Waals surface area contributed by atoms with Gasteiger partial charge in [0.15, 0.2) is 0 Å². The van der Waals surface area contributed by atoms with E-state index in [4.69, 9.17) is 9.47 Å². The molecule has 2 nitrogen and oxygen atoms in total. The van der Waals surface area contributed by atoms with Crippen molar-refractivity contribution in [3.63, 3.8) is 0 Å². The zero-order valence-corrected chi connectivity index (χ0v) is 20.9. The second-order valence-corrected chi connectivity index (χ2v) is 9.99. The van der Waals surface area contributed by atoms with E-state index >= 15 is 0 Å². The minimum Gasteiger partial charge on any atom is -0.494 e. The molecule has 0 N–H and O–H groups in total. The summed E-state index contributed by atoms with van der Waals surface area (Å²) in [4.78, 5) is 0. The largest absolute Gasteiger partial charge is 0.494 e. The van der Waals surface area contributed by atoms with Crippen LogP contribution in [0.5, 0.6) is 11.5 Å². The van der Waals surface area contributed by atoms with Crippen molar-refractivity contribution in [1.82, 2.24) is 0 Å². The lowest BCUT2D eigenvalue weighted by atomic mass is 10.1. The lowest BCUT2D eigenvalue weighted by Gasteiger charge is -2.07. The van der Waals surface area contributed by atoms with E-state index in [0.29, 0.717) is 0 Å². The molecule has 5 heteroatoms. The number of thiophene rings is 1. The summed E-state index contributed by atoms with van der Waals surface area (Å²) in [7, 11) is 0. The van der Waals surface area contributed by atoms with E-state index in [2.05, 4.69) is 68.3 Å². The van der Waals surface area contributed by atoms with Crippen LogP contribution in [-0.4, -0.2) is 23.9 Å². The first kappa shape index (κ1) is 22.9. The fourth-order valence-corrected chi connectivity index (χ4v) is 5.26. The summed E-state index contributed by atoms with van der Waals surface area (Å²) in [6.07, 6.45) is 9.70. The maximum absolute atomic E-state index is 6.01. The van der Waals surface area contributed by atoms with Gasteiger partial charge in [-0.1, -0.05) is 57.5 Å². The SMILES string of the molecule is BrCCCCCCOc1ccc2sc3ccc(OCCCCCCBr)cc3c2c1. The van der Waals surface area contributed by atoms with E-state index in [1.54, 1.807) is 0 Å². The standard InChI is InChI=1S/C24H30Br2O2S/c25-13-5-1-3-7-15-27-19-9-11-23-21(17-19)22-18-20(10-12-24(22)29-23)28-16-8-4-2-6-14-26/h9-12,17-18H,1-8,13-16H2. The predicted molar refractivity (Wildman–Crippen MR) is 135 cm³/mol. The summed E-state index contributed by atoms with van der Waals surface area (Å²) < 4.78 is 14.6. The lowest BCUT2D eigenvalue weighted by Crippen LogP contribution is -1.97. The molecule has 0 saturated carbocycles. The quantitative estimate of drug-likeness (QED) is 0.150. The summed E-state index contributed by atoms with van der Waals surface area (Å²) in [5, 5.41) is 4.73. The summed E-state index contributed by atoms with van der Waals surface area (Å²) in [5.41, 5.74) is 0. The molecule has 0 radical (unpaired) electrons. The van der Waals surface area contributed by atoms with Gasteiger partial charge in [-0.05, 0) is 62.1 Å². The summed E-state index contributed by atoms with van der Waals surface area (Å²) in [6, 6.07) is 12.9. The van der Waals surface area contributed by atoms with E-state index in [1.807, 2.05) is 11.3 Å². The first-order chi connectivity index (χ1) is 14.3. The normalized spacial score (nSPS) is 11.4. The third kappa shape index (κ3) is 7.15. The highest BCUT2D eigenvalue weighted by molar-refractivity contribution is 9.09. The molecule has 3 rings (SSSR count). The summed E-state index contributed by atoms with van der Waals surface area (Å²) in [6.45, 7) is 1.58. The van der Waals surface area contributed by atoms with Gasteiger partial charge < -0.3 is 9.47 Å². The van der Waals surface area contributed by atoms with Gasteiger partial charge in [0, 0.05) is 30.8 Å². The fourth-order valence-electron chi connectivity index (χ4n) is 3.40. The Labute approximate surface area is 195 Å². The molecule has 0 bridgehead atoms. The van der Waals surface area contributed by atoms with Crippen LogP contribution < -0.4 is 9.47 Å². The minimum absolute atomic E-state index is 0.791. The minimum atomic E-state index is 0.791. The van der Waals surface area contributed by atoms with Gasteiger partial charge in [0.2, 0.25) is 0 Å². The summed E-state index contributed by atoms with van der Waals surface area (Å²) >= 11 is 8.80. The molecule has 0 saturated heterocycles. The highest BCUT2D eigenvalue weighted by Crippen LogP contribution is 2.37. The van der Waals surface area contributed by atoms with E-state index in [1.165, 1.54) is 58.7 Å². The third-order valence-electron chi connectivity index (χ3n) is 5.01. The van der Waals surface area contributed by atoms with Crippen LogP contribution in [0.3, 0.4) is 0 Å². The molecule has 2 aromatic carbocycles. The Morgan fingerprint density at radius 2 is 1.03 bits per heavy atom. The molecular formula is C24H30Br2O2S. The fraction of sp³-hybridized carbons (Fsp3) is 0.500. The zero-order chi connectivity index (χ0) is 20.3. The number of fused-ring (bicyclic) bond motifs is 3. The van der Waals surface area contributed by atoms with Crippen molar-refractivity contribution in [3.8, 4) is 11.5 Å². The average molecular weight is 542 g/mol. The Balaban J connectivity index is 1.60. The number of ether oxygens (including phenoxy) is 2. The number of hydrogen-bond acceptors (Lipinski definition) is 3. The van der Waals surface area contributed by atoms with Gasteiger partial charge in [-0.15, -0.1) is 11.3 Å². The first-order valence-corrected chi connectivity index (χ1v) is 13.7. The van der Waals surface area contributed by atoms with Crippen molar-refractivity contribution in [2.24, 2.45) is 0 Å². The molecule has 0 unspecified atom stereocenters.